The van der Waals surface area contributed by atoms with Gasteiger partial charge in [-0.25, -0.2) is 4.98 Å². The van der Waals surface area contributed by atoms with E-state index >= 15 is 0 Å². The number of aromatic nitrogens is 4. The number of aryl methyl sites for hydroxylation is 2. The van der Waals surface area contributed by atoms with Gasteiger partial charge in [0.05, 0.1) is 22.7 Å². The lowest BCUT2D eigenvalue weighted by molar-refractivity contribution is 0.652. The van der Waals surface area contributed by atoms with Crippen molar-refractivity contribution in [2.75, 3.05) is 0 Å². The third-order valence-electron chi connectivity index (χ3n) is 4.48. The van der Waals surface area contributed by atoms with Crippen LogP contribution in [0.25, 0.3) is 21.9 Å². The summed E-state index contributed by atoms with van der Waals surface area (Å²) in [5.74, 6) is 1.52. The van der Waals surface area contributed by atoms with E-state index in [9.17, 15) is 0 Å². The molecule has 3 aromatic heterocycles. The number of rotatable bonds is 4. The summed E-state index contributed by atoms with van der Waals surface area (Å²) in [6.45, 7) is 4.36. The van der Waals surface area contributed by atoms with Crippen molar-refractivity contribution >= 4 is 21.9 Å². The van der Waals surface area contributed by atoms with Crippen molar-refractivity contribution in [3.8, 4) is 0 Å². The van der Waals surface area contributed by atoms with E-state index in [1.165, 1.54) is 16.6 Å². The van der Waals surface area contributed by atoms with Crippen LogP contribution in [0.5, 0.6) is 0 Å². The number of pyridine rings is 1. The number of aromatic amines is 2. The molecule has 0 aliphatic heterocycles. The van der Waals surface area contributed by atoms with Crippen LogP contribution in [0.2, 0.25) is 0 Å². The van der Waals surface area contributed by atoms with Crippen LogP contribution in [0.4, 0.5) is 0 Å². The molecule has 4 aromatic rings. The number of hydrogen-bond acceptors (Lipinski definition) is 2. The Hall–Kier alpha value is -2.62. The molecule has 4 rings (SSSR count). The normalized spacial score (nSPS) is 13.0. The topological polar surface area (TPSA) is 57.4 Å². The zero-order chi connectivity index (χ0) is 15.8. The van der Waals surface area contributed by atoms with Crippen LogP contribution < -0.4 is 0 Å². The monoisotopic (exact) mass is 304 g/mol. The van der Waals surface area contributed by atoms with Crippen molar-refractivity contribution in [1.29, 1.82) is 0 Å². The third kappa shape index (κ3) is 2.72. The van der Waals surface area contributed by atoms with Gasteiger partial charge in [-0.05, 0) is 49.1 Å². The van der Waals surface area contributed by atoms with E-state index < -0.39 is 0 Å². The maximum Gasteiger partial charge on any atom is 0.107 e. The molecule has 0 spiro atoms. The molecule has 1 aromatic carbocycles. The number of hydrogen-bond donors (Lipinski definition) is 2. The predicted molar refractivity (Wildman–Crippen MR) is 93.7 cm³/mol. The SMILES string of the molecule is Cc1ccc2nc(CCC(C)c3cc4ccncc4[nH]3)[nH]c2c1. The number of H-pyrrole nitrogens is 2. The van der Waals surface area contributed by atoms with Gasteiger partial charge in [0.15, 0.2) is 0 Å². The lowest BCUT2D eigenvalue weighted by Crippen LogP contribution is -1.98. The minimum atomic E-state index is 0.456. The fourth-order valence-electron chi connectivity index (χ4n) is 3.06. The molecule has 2 N–H and O–H groups in total. The van der Waals surface area contributed by atoms with E-state index in [2.05, 4.69) is 58.0 Å². The van der Waals surface area contributed by atoms with Gasteiger partial charge in [-0.2, -0.15) is 0 Å². The Morgan fingerprint density at radius 3 is 2.87 bits per heavy atom. The van der Waals surface area contributed by atoms with Crippen molar-refractivity contribution in [3.63, 3.8) is 0 Å². The highest BCUT2D eigenvalue weighted by atomic mass is 14.9. The van der Waals surface area contributed by atoms with Crippen LogP contribution in [-0.2, 0) is 6.42 Å². The summed E-state index contributed by atoms with van der Waals surface area (Å²) >= 11 is 0. The Bertz CT molecular complexity index is 931. The van der Waals surface area contributed by atoms with Crippen molar-refractivity contribution < 1.29 is 0 Å². The van der Waals surface area contributed by atoms with E-state index in [-0.39, 0.29) is 0 Å². The number of nitrogens with one attached hydrogen (secondary N) is 2. The zero-order valence-corrected chi connectivity index (χ0v) is 13.4. The average molecular weight is 304 g/mol. The van der Waals surface area contributed by atoms with Crippen LogP contribution in [0.15, 0.2) is 42.7 Å². The van der Waals surface area contributed by atoms with E-state index in [4.69, 9.17) is 0 Å². The molecule has 23 heavy (non-hydrogen) atoms. The second kappa shape index (κ2) is 5.54. The second-order valence-corrected chi connectivity index (χ2v) is 6.33. The number of imidazole rings is 1. The Morgan fingerprint density at radius 1 is 1.09 bits per heavy atom. The summed E-state index contributed by atoms with van der Waals surface area (Å²) in [7, 11) is 0. The van der Waals surface area contributed by atoms with Crippen molar-refractivity contribution in [1.82, 2.24) is 19.9 Å². The average Bonchev–Trinajstić information content (AvgIpc) is 3.15. The molecule has 1 unspecified atom stereocenters. The molecule has 0 saturated heterocycles. The number of fused-ring (bicyclic) bond motifs is 2. The molecule has 0 amide bonds. The first-order valence-electron chi connectivity index (χ1n) is 8.07. The van der Waals surface area contributed by atoms with Crippen molar-refractivity contribution in [2.45, 2.75) is 32.6 Å². The first-order valence-corrected chi connectivity index (χ1v) is 8.07. The quantitative estimate of drug-likeness (QED) is 0.584. The first-order chi connectivity index (χ1) is 11.2. The molecule has 0 aliphatic rings. The fourth-order valence-corrected chi connectivity index (χ4v) is 3.06. The molecule has 4 heteroatoms. The lowest BCUT2D eigenvalue weighted by Gasteiger charge is -2.07. The number of nitrogens with zero attached hydrogens (tertiary/aromatic N) is 2. The van der Waals surface area contributed by atoms with Crippen molar-refractivity contribution in [3.05, 3.63) is 59.8 Å². The minimum absolute atomic E-state index is 0.456. The van der Waals surface area contributed by atoms with Gasteiger partial charge in [0.1, 0.15) is 5.82 Å². The minimum Gasteiger partial charge on any atom is -0.357 e. The summed E-state index contributed by atoms with van der Waals surface area (Å²) in [4.78, 5) is 15.8. The van der Waals surface area contributed by atoms with Gasteiger partial charge in [0.2, 0.25) is 0 Å². The zero-order valence-electron chi connectivity index (χ0n) is 13.4. The molecule has 116 valence electrons. The molecule has 0 radical (unpaired) electrons. The largest absolute Gasteiger partial charge is 0.357 e. The summed E-state index contributed by atoms with van der Waals surface area (Å²) in [6.07, 6.45) is 5.72. The summed E-state index contributed by atoms with van der Waals surface area (Å²) < 4.78 is 0. The van der Waals surface area contributed by atoms with Gasteiger partial charge in [-0.1, -0.05) is 13.0 Å². The van der Waals surface area contributed by atoms with Gasteiger partial charge in [-0.15, -0.1) is 0 Å². The molecule has 4 nitrogen and oxygen atoms in total. The molecule has 0 saturated carbocycles. The molecular weight excluding hydrogens is 284 g/mol. The molecule has 1 atom stereocenters. The highest BCUT2D eigenvalue weighted by Gasteiger charge is 2.11. The van der Waals surface area contributed by atoms with Gasteiger partial charge in [-0.3, -0.25) is 4.98 Å². The van der Waals surface area contributed by atoms with Gasteiger partial charge >= 0.3 is 0 Å². The molecule has 0 bridgehead atoms. The van der Waals surface area contributed by atoms with Crippen LogP contribution in [0, 0.1) is 6.92 Å². The molecule has 0 aliphatic carbocycles. The van der Waals surface area contributed by atoms with Crippen LogP contribution in [0.3, 0.4) is 0 Å². The van der Waals surface area contributed by atoms with Gasteiger partial charge in [0, 0.05) is 23.7 Å². The Morgan fingerprint density at radius 2 is 2.00 bits per heavy atom. The van der Waals surface area contributed by atoms with Gasteiger partial charge < -0.3 is 9.97 Å². The molecule has 3 heterocycles. The smallest absolute Gasteiger partial charge is 0.107 e. The summed E-state index contributed by atoms with van der Waals surface area (Å²) in [5, 5.41) is 1.22. The number of benzene rings is 1. The fraction of sp³-hybridized carbons (Fsp3) is 0.263. The Kier molecular flexibility index (Phi) is 3.37. The van der Waals surface area contributed by atoms with Crippen LogP contribution in [0.1, 0.15) is 36.3 Å². The summed E-state index contributed by atoms with van der Waals surface area (Å²) in [5.41, 5.74) is 5.81. The van der Waals surface area contributed by atoms with Crippen LogP contribution >= 0.6 is 0 Å². The first kappa shape index (κ1) is 14.0. The van der Waals surface area contributed by atoms with Gasteiger partial charge in [0.25, 0.3) is 0 Å². The molecule has 0 fully saturated rings. The third-order valence-corrected chi connectivity index (χ3v) is 4.48. The van der Waals surface area contributed by atoms with E-state index in [1.807, 2.05) is 18.5 Å². The standard InChI is InChI=1S/C19H20N4/c1-12-3-5-15-17(9-12)23-19(22-15)6-4-13(2)16-10-14-7-8-20-11-18(14)21-16/h3,5,7-11,13,21H,4,6H2,1-2H3,(H,22,23). The highest BCUT2D eigenvalue weighted by molar-refractivity contribution is 5.79. The van der Waals surface area contributed by atoms with E-state index in [0.717, 1.165) is 35.2 Å². The maximum atomic E-state index is 4.69. The van der Waals surface area contributed by atoms with E-state index in [1.54, 1.807) is 0 Å². The Balaban J connectivity index is 1.50. The van der Waals surface area contributed by atoms with Crippen molar-refractivity contribution in [2.24, 2.45) is 0 Å². The molecular formula is C19H20N4. The lowest BCUT2D eigenvalue weighted by atomic mass is 10.0. The maximum absolute atomic E-state index is 4.69. The Labute approximate surface area is 135 Å². The van der Waals surface area contributed by atoms with Crippen LogP contribution in [-0.4, -0.2) is 19.9 Å². The second-order valence-electron chi connectivity index (χ2n) is 6.33. The predicted octanol–water partition coefficient (Wildman–Crippen LogP) is 4.48. The highest BCUT2D eigenvalue weighted by Crippen LogP contribution is 2.24. The summed E-state index contributed by atoms with van der Waals surface area (Å²) in [6, 6.07) is 10.6. The van der Waals surface area contributed by atoms with E-state index in [0.29, 0.717) is 5.92 Å².